The van der Waals surface area contributed by atoms with E-state index in [1.807, 2.05) is 45.0 Å². The molecule has 29 heavy (non-hydrogen) atoms. The van der Waals surface area contributed by atoms with Crippen LogP contribution in [0.2, 0.25) is 0 Å². The Morgan fingerprint density at radius 2 is 1.34 bits per heavy atom. The number of hydrogen-bond acceptors (Lipinski definition) is 3. The van der Waals surface area contributed by atoms with Gasteiger partial charge in [-0.3, -0.25) is 4.79 Å². The van der Waals surface area contributed by atoms with E-state index in [9.17, 15) is 13.2 Å². The maximum absolute atomic E-state index is 12.9. The Morgan fingerprint density at radius 3 is 1.79 bits per heavy atom. The van der Waals surface area contributed by atoms with Crippen molar-refractivity contribution in [2.24, 2.45) is 0 Å². The first kappa shape index (κ1) is 23.1. The monoisotopic (exact) mass is 416 g/mol. The van der Waals surface area contributed by atoms with Gasteiger partial charge in [-0.15, -0.1) is 0 Å². The van der Waals surface area contributed by atoms with Crippen LogP contribution in [-0.4, -0.2) is 20.9 Å². The second-order valence-electron chi connectivity index (χ2n) is 8.84. The van der Waals surface area contributed by atoms with E-state index in [2.05, 4.69) is 30.8 Å². The Morgan fingerprint density at radius 1 is 0.862 bits per heavy atom. The average molecular weight is 417 g/mol. The van der Waals surface area contributed by atoms with Gasteiger partial charge < -0.3 is 5.32 Å². The summed E-state index contributed by atoms with van der Waals surface area (Å²) >= 11 is 0. The molecule has 0 spiro atoms. The minimum atomic E-state index is -3.81. The third kappa shape index (κ3) is 5.46. The van der Waals surface area contributed by atoms with Gasteiger partial charge in [0.15, 0.2) is 0 Å². The zero-order valence-electron chi connectivity index (χ0n) is 18.6. The number of amides is 1. The van der Waals surface area contributed by atoms with E-state index in [0.29, 0.717) is 11.1 Å². The number of aryl methyl sites for hydroxylation is 5. The molecular weight excluding hydrogens is 384 g/mol. The third-order valence-corrected chi connectivity index (χ3v) is 6.67. The van der Waals surface area contributed by atoms with Gasteiger partial charge in [-0.25, -0.2) is 13.1 Å². The molecule has 0 bridgehead atoms. The molecule has 0 fully saturated rings. The normalized spacial score (nSPS) is 12.1. The van der Waals surface area contributed by atoms with Crippen molar-refractivity contribution in [2.75, 3.05) is 11.9 Å². The van der Waals surface area contributed by atoms with E-state index in [1.165, 1.54) is 0 Å². The molecule has 2 aromatic rings. The SMILES string of the molecule is Cc1cc(C)c(NC(=O)CNS(=O)(=O)c2c(C)cc(C(C)(C)C)cc2C)c(C)c1. The van der Waals surface area contributed by atoms with E-state index in [0.717, 1.165) is 27.9 Å². The standard InChI is InChI=1S/C23H32N2O3S/c1-14-9-15(2)21(16(3)10-14)25-20(26)13-24-29(27,28)22-17(4)11-19(12-18(22)5)23(6,7)8/h9-12,24H,13H2,1-8H3,(H,25,26). The summed E-state index contributed by atoms with van der Waals surface area (Å²) < 4.78 is 28.2. The van der Waals surface area contributed by atoms with Gasteiger partial charge in [0.1, 0.15) is 0 Å². The van der Waals surface area contributed by atoms with Crippen LogP contribution in [-0.2, 0) is 20.2 Å². The first-order valence-corrected chi connectivity index (χ1v) is 11.2. The Kier molecular flexibility index (Phi) is 6.60. The zero-order chi connectivity index (χ0) is 22.1. The van der Waals surface area contributed by atoms with Crippen LogP contribution in [0.15, 0.2) is 29.2 Å². The van der Waals surface area contributed by atoms with Gasteiger partial charge >= 0.3 is 0 Å². The lowest BCUT2D eigenvalue weighted by Crippen LogP contribution is -2.34. The highest BCUT2D eigenvalue weighted by atomic mass is 32.2. The summed E-state index contributed by atoms with van der Waals surface area (Å²) in [5, 5.41) is 2.82. The number of carbonyl (C=O) groups is 1. The van der Waals surface area contributed by atoms with E-state index in [4.69, 9.17) is 0 Å². The Labute approximate surface area is 175 Å². The summed E-state index contributed by atoms with van der Waals surface area (Å²) in [6, 6.07) is 7.77. The van der Waals surface area contributed by atoms with Crippen LogP contribution in [0, 0.1) is 34.6 Å². The molecule has 2 aromatic carbocycles. The summed E-state index contributed by atoms with van der Waals surface area (Å²) in [4.78, 5) is 12.6. The summed E-state index contributed by atoms with van der Waals surface area (Å²) in [5.74, 6) is -0.398. The predicted molar refractivity (Wildman–Crippen MR) is 119 cm³/mol. The highest BCUT2D eigenvalue weighted by Gasteiger charge is 2.24. The van der Waals surface area contributed by atoms with Crippen molar-refractivity contribution in [3.05, 3.63) is 57.6 Å². The maximum Gasteiger partial charge on any atom is 0.241 e. The van der Waals surface area contributed by atoms with Crippen molar-refractivity contribution in [3.8, 4) is 0 Å². The second-order valence-corrected chi connectivity index (χ2v) is 10.5. The molecule has 1 amide bonds. The average Bonchev–Trinajstić information content (AvgIpc) is 2.54. The molecule has 0 aromatic heterocycles. The number of nitrogens with one attached hydrogen (secondary N) is 2. The van der Waals surface area contributed by atoms with Crippen LogP contribution < -0.4 is 10.0 Å². The molecule has 158 valence electrons. The lowest BCUT2D eigenvalue weighted by Gasteiger charge is -2.22. The van der Waals surface area contributed by atoms with Gasteiger partial charge in [0.25, 0.3) is 0 Å². The van der Waals surface area contributed by atoms with Crippen LogP contribution in [0.5, 0.6) is 0 Å². The largest absolute Gasteiger partial charge is 0.324 e. The van der Waals surface area contributed by atoms with Gasteiger partial charge in [-0.05, 0) is 67.9 Å². The van der Waals surface area contributed by atoms with Gasteiger partial charge in [0.05, 0.1) is 11.4 Å². The van der Waals surface area contributed by atoms with Crippen LogP contribution in [0.3, 0.4) is 0 Å². The molecule has 5 nitrogen and oxygen atoms in total. The highest BCUT2D eigenvalue weighted by Crippen LogP contribution is 2.29. The van der Waals surface area contributed by atoms with E-state index in [-0.39, 0.29) is 16.9 Å². The predicted octanol–water partition coefficient (Wildman–Crippen LogP) is 4.44. The van der Waals surface area contributed by atoms with Crippen LogP contribution in [0.4, 0.5) is 5.69 Å². The Bertz CT molecular complexity index is 1000. The minimum absolute atomic E-state index is 0.0745. The van der Waals surface area contributed by atoms with Crippen molar-refractivity contribution in [1.29, 1.82) is 0 Å². The third-order valence-electron chi connectivity index (χ3n) is 4.96. The fourth-order valence-electron chi connectivity index (χ4n) is 3.60. The number of anilines is 1. The lowest BCUT2D eigenvalue weighted by atomic mass is 9.85. The van der Waals surface area contributed by atoms with Crippen LogP contribution in [0.1, 0.15) is 54.2 Å². The van der Waals surface area contributed by atoms with Crippen molar-refractivity contribution < 1.29 is 13.2 Å². The van der Waals surface area contributed by atoms with Crippen molar-refractivity contribution in [1.82, 2.24) is 4.72 Å². The fourth-order valence-corrected chi connectivity index (χ4v) is 5.03. The van der Waals surface area contributed by atoms with E-state index in [1.54, 1.807) is 13.8 Å². The topological polar surface area (TPSA) is 75.3 Å². The summed E-state index contributed by atoms with van der Waals surface area (Å²) in [5.41, 5.74) is 6.08. The Balaban J connectivity index is 2.20. The fraction of sp³-hybridized carbons (Fsp3) is 0.435. The second kappa shape index (κ2) is 8.28. The van der Waals surface area contributed by atoms with Gasteiger partial charge in [0, 0.05) is 5.69 Å². The summed E-state index contributed by atoms with van der Waals surface area (Å²) in [7, 11) is -3.81. The number of hydrogen-bond donors (Lipinski definition) is 2. The van der Waals surface area contributed by atoms with Crippen molar-refractivity contribution in [3.63, 3.8) is 0 Å². The molecule has 2 N–H and O–H groups in total. The molecule has 2 rings (SSSR count). The van der Waals surface area contributed by atoms with Crippen molar-refractivity contribution in [2.45, 2.75) is 65.7 Å². The molecule has 0 saturated heterocycles. The minimum Gasteiger partial charge on any atom is -0.324 e. The Hall–Kier alpha value is -2.18. The molecule has 0 heterocycles. The van der Waals surface area contributed by atoms with Gasteiger partial charge in [-0.1, -0.05) is 50.6 Å². The molecule has 0 radical (unpaired) electrons. The molecule has 0 aliphatic carbocycles. The lowest BCUT2D eigenvalue weighted by molar-refractivity contribution is -0.115. The highest BCUT2D eigenvalue weighted by molar-refractivity contribution is 7.89. The van der Waals surface area contributed by atoms with Crippen molar-refractivity contribution >= 4 is 21.6 Å². The zero-order valence-corrected chi connectivity index (χ0v) is 19.5. The first-order valence-electron chi connectivity index (χ1n) is 9.71. The molecular formula is C23H32N2O3S. The number of sulfonamides is 1. The molecule has 0 saturated carbocycles. The first-order chi connectivity index (χ1) is 13.2. The quantitative estimate of drug-likeness (QED) is 0.756. The molecule has 0 aliphatic rings. The molecule has 0 atom stereocenters. The van der Waals surface area contributed by atoms with E-state index >= 15 is 0 Å². The number of carbonyl (C=O) groups excluding carboxylic acids is 1. The van der Waals surface area contributed by atoms with E-state index < -0.39 is 15.9 Å². The molecule has 0 aliphatic heterocycles. The number of benzene rings is 2. The van der Waals surface area contributed by atoms with Gasteiger partial charge in [0.2, 0.25) is 15.9 Å². The van der Waals surface area contributed by atoms with Gasteiger partial charge in [-0.2, -0.15) is 0 Å². The van der Waals surface area contributed by atoms with Crippen LogP contribution >= 0.6 is 0 Å². The maximum atomic E-state index is 12.9. The molecule has 0 unspecified atom stereocenters. The van der Waals surface area contributed by atoms with Crippen LogP contribution in [0.25, 0.3) is 0 Å². The number of rotatable bonds is 5. The summed E-state index contributed by atoms with van der Waals surface area (Å²) in [6.45, 7) is 15.4. The smallest absolute Gasteiger partial charge is 0.241 e. The molecule has 6 heteroatoms. The summed E-state index contributed by atoms with van der Waals surface area (Å²) in [6.07, 6.45) is 0.